The molecule has 248 valence electrons. The van der Waals surface area contributed by atoms with Crippen molar-refractivity contribution in [1.82, 2.24) is 19.7 Å². The summed E-state index contributed by atoms with van der Waals surface area (Å²) < 4.78 is 31.2. The summed E-state index contributed by atoms with van der Waals surface area (Å²) in [4.78, 5) is 49.3. The number of methoxy groups -OCH3 is 2. The van der Waals surface area contributed by atoms with Gasteiger partial charge in [0.05, 0.1) is 56.1 Å². The molecule has 0 aliphatic carbocycles. The van der Waals surface area contributed by atoms with Crippen LogP contribution in [0.5, 0.6) is 11.5 Å². The number of nitrogens with one attached hydrogen (secondary N) is 1. The predicted molar refractivity (Wildman–Crippen MR) is 177 cm³/mol. The molecular formula is C33H31ClFN7O6. The van der Waals surface area contributed by atoms with Crippen molar-refractivity contribution < 1.29 is 28.0 Å². The van der Waals surface area contributed by atoms with E-state index in [1.165, 1.54) is 60.3 Å². The Balaban J connectivity index is 1.45. The lowest BCUT2D eigenvalue weighted by molar-refractivity contribution is 0.0695. The van der Waals surface area contributed by atoms with Crippen molar-refractivity contribution in [3.63, 3.8) is 0 Å². The van der Waals surface area contributed by atoms with E-state index in [9.17, 15) is 18.8 Å². The minimum atomic E-state index is -0.894. The van der Waals surface area contributed by atoms with Crippen LogP contribution in [0, 0.1) is 5.82 Å². The summed E-state index contributed by atoms with van der Waals surface area (Å²) in [5.74, 6) is 0.396. The van der Waals surface area contributed by atoms with E-state index < -0.39 is 23.4 Å². The highest BCUT2D eigenvalue weighted by molar-refractivity contribution is 6.31. The number of carbonyl (C=O) groups is 2. The molecule has 0 saturated carbocycles. The third-order valence-corrected chi connectivity index (χ3v) is 8.26. The van der Waals surface area contributed by atoms with Gasteiger partial charge in [0.1, 0.15) is 17.3 Å². The summed E-state index contributed by atoms with van der Waals surface area (Å²) in [5, 5.41) is 8.86. The molecule has 0 spiro atoms. The van der Waals surface area contributed by atoms with Crippen LogP contribution < -0.4 is 30.3 Å². The highest BCUT2D eigenvalue weighted by atomic mass is 35.5. The molecule has 3 amide bonds. The summed E-state index contributed by atoms with van der Waals surface area (Å²) in [5.41, 5.74) is 0.671. The minimum absolute atomic E-state index is 0.119. The first-order valence-corrected chi connectivity index (χ1v) is 15.3. The van der Waals surface area contributed by atoms with Gasteiger partial charge in [0.15, 0.2) is 5.82 Å². The van der Waals surface area contributed by atoms with Gasteiger partial charge in [-0.15, -0.1) is 0 Å². The van der Waals surface area contributed by atoms with Crippen molar-refractivity contribution in [2.24, 2.45) is 0 Å². The Morgan fingerprint density at radius 2 is 1.75 bits per heavy atom. The lowest BCUT2D eigenvalue weighted by Crippen LogP contribution is -2.57. The van der Waals surface area contributed by atoms with E-state index in [4.69, 9.17) is 30.6 Å². The smallest absolute Gasteiger partial charge is 0.327 e. The average molecular weight is 676 g/mol. The van der Waals surface area contributed by atoms with Crippen molar-refractivity contribution in [3.05, 3.63) is 106 Å². The molecule has 3 aromatic carbocycles. The third kappa shape index (κ3) is 6.34. The number of aromatic nitrogens is 3. The molecule has 0 radical (unpaired) electrons. The Morgan fingerprint density at radius 1 is 1.00 bits per heavy atom. The van der Waals surface area contributed by atoms with Crippen LogP contribution in [0.2, 0.25) is 5.02 Å². The summed E-state index contributed by atoms with van der Waals surface area (Å²) in [6.07, 6.45) is 1.40. The Kier molecular flexibility index (Phi) is 9.17. The number of benzene rings is 3. The van der Waals surface area contributed by atoms with Gasteiger partial charge in [-0.1, -0.05) is 16.8 Å². The fourth-order valence-corrected chi connectivity index (χ4v) is 5.77. The van der Waals surface area contributed by atoms with Crippen LogP contribution in [0.15, 0.2) is 82.2 Å². The summed E-state index contributed by atoms with van der Waals surface area (Å²) >= 11 is 6.29. The predicted octanol–water partition coefficient (Wildman–Crippen LogP) is 5.09. The van der Waals surface area contributed by atoms with Gasteiger partial charge in [0.2, 0.25) is 5.76 Å². The van der Waals surface area contributed by atoms with E-state index in [0.29, 0.717) is 33.4 Å². The number of rotatable bonds is 8. The molecule has 15 heteroatoms. The van der Waals surface area contributed by atoms with Crippen molar-refractivity contribution in [1.29, 1.82) is 0 Å². The van der Waals surface area contributed by atoms with Crippen LogP contribution in [0.1, 0.15) is 29.3 Å². The van der Waals surface area contributed by atoms with Crippen molar-refractivity contribution >= 4 is 45.8 Å². The molecule has 1 fully saturated rings. The van der Waals surface area contributed by atoms with Gasteiger partial charge in [0.25, 0.3) is 11.5 Å². The number of ether oxygens (including phenoxy) is 2. The second kappa shape index (κ2) is 13.6. The fourth-order valence-electron chi connectivity index (χ4n) is 5.60. The van der Waals surface area contributed by atoms with Crippen molar-refractivity contribution in [2.75, 3.05) is 55.6 Å². The number of urea groups is 1. The topological polar surface area (TPSA) is 135 Å². The first kappa shape index (κ1) is 32.3. The molecule has 6 rings (SSSR count). The summed E-state index contributed by atoms with van der Waals surface area (Å²) in [6.45, 7) is 2.81. The Hall–Kier alpha value is -5.63. The minimum Gasteiger partial charge on any atom is -0.497 e. The molecule has 48 heavy (non-hydrogen) atoms. The number of piperazine rings is 1. The third-order valence-electron chi connectivity index (χ3n) is 8.03. The number of amides is 3. The molecule has 2 aromatic heterocycles. The number of carbonyl (C=O) groups excluding carboxylic acids is 2. The van der Waals surface area contributed by atoms with Gasteiger partial charge in [-0.2, -0.15) is 0 Å². The Labute approximate surface area is 279 Å². The van der Waals surface area contributed by atoms with Gasteiger partial charge >= 0.3 is 6.03 Å². The Morgan fingerprint density at radius 3 is 2.42 bits per heavy atom. The summed E-state index contributed by atoms with van der Waals surface area (Å²) in [6, 6.07) is 15.1. The fraction of sp³-hybridized carbons (Fsp3) is 0.242. The maximum Gasteiger partial charge on any atom is 0.327 e. The van der Waals surface area contributed by atoms with Crippen LogP contribution in [-0.2, 0) is 0 Å². The van der Waals surface area contributed by atoms with Crippen LogP contribution in [-0.4, -0.2) is 72.1 Å². The molecule has 1 atom stereocenters. The van der Waals surface area contributed by atoms with Crippen molar-refractivity contribution in [3.8, 4) is 11.5 Å². The number of fused-ring (bicyclic) bond motifs is 1. The number of anilines is 2. The van der Waals surface area contributed by atoms with Crippen LogP contribution in [0.25, 0.3) is 10.9 Å². The van der Waals surface area contributed by atoms with E-state index in [1.807, 2.05) is 0 Å². The van der Waals surface area contributed by atoms with Gasteiger partial charge < -0.3 is 29.2 Å². The highest BCUT2D eigenvalue weighted by Gasteiger charge is 2.33. The van der Waals surface area contributed by atoms with Gasteiger partial charge in [-0.3, -0.25) is 14.5 Å². The van der Waals surface area contributed by atoms with E-state index >= 15 is 0 Å². The van der Waals surface area contributed by atoms with Gasteiger partial charge in [0, 0.05) is 35.9 Å². The number of halogens is 2. The lowest BCUT2D eigenvalue weighted by Gasteiger charge is -2.39. The highest BCUT2D eigenvalue weighted by Crippen LogP contribution is 2.37. The standard InChI is InChI=1S/C33H31ClFN7O6/c1-20(41(27-11-9-24(46-2)19-29(27)47-3)33(45)37-23-7-5-22(35)6-8-23)30-38-26-10-4-21(34)18-25(26)31(43)42(30)40-16-14-39(15-17-40)32(44)28-12-13-36-48-28/h4-13,18-20H,14-17H2,1-3H3,(H,37,45). The molecule has 0 bridgehead atoms. The molecular weight excluding hydrogens is 645 g/mol. The summed E-state index contributed by atoms with van der Waals surface area (Å²) in [7, 11) is 2.98. The van der Waals surface area contributed by atoms with Crippen LogP contribution in [0.3, 0.4) is 0 Å². The Bertz CT molecular complexity index is 2010. The normalized spacial score (nSPS) is 13.7. The molecule has 1 aliphatic heterocycles. The van der Waals surface area contributed by atoms with Gasteiger partial charge in [-0.25, -0.2) is 18.8 Å². The van der Waals surface area contributed by atoms with Crippen LogP contribution >= 0.6 is 11.6 Å². The molecule has 1 aliphatic rings. The van der Waals surface area contributed by atoms with E-state index in [-0.39, 0.29) is 49.1 Å². The van der Waals surface area contributed by atoms with Gasteiger partial charge in [-0.05, 0) is 61.5 Å². The van der Waals surface area contributed by atoms with E-state index in [1.54, 1.807) is 53.2 Å². The van der Waals surface area contributed by atoms with Crippen LogP contribution in [0.4, 0.5) is 20.6 Å². The molecule has 1 unspecified atom stereocenters. The number of hydrogen-bond donors (Lipinski definition) is 1. The largest absolute Gasteiger partial charge is 0.497 e. The number of nitrogens with zero attached hydrogens (tertiary/aromatic N) is 6. The second-order valence-electron chi connectivity index (χ2n) is 10.9. The molecule has 3 heterocycles. The zero-order valence-electron chi connectivity index (χ0n) is 26.2. The molecule has 1 saturated heterocycles. The molecule has 1 N–H and O–H groups in total. The maximum absolute atomic E-state index is 14.3. The van der Waals surface area contributed by atoms with E-state index in [2.05, 4.69) is 10.5 Å². The quantitative estimate of drug-likeness (QED) is 0.239. The molecule has 13 nitrogen and oxygen atoms in total. The number of hydrogen-bond acceptors (Lipinski definition) is 9. The first-order valence-electron chi connectivity index (χ1n) is 14.9. The molecule has 5 aromatic rings. The van der Waals surface area contributed by atoms with Crippen molar-refractivity contribution in [2.45, 2.75) is 13.0 Å². The zero-order chi connectivity index (χ0) is 33.9. The first-order chi connectivity index (χ1) is 23.2. The average Bonchev–Trinajstić information content (AvgIpc) is 3.65. The maximum atomic E-state index is 14.3. The monoisotopic (exact) mass is 675 g/mol. The van der Waals surface area contributed by atoms with E-state index in [0.717, 1.165) is 0 Å². The SMILES string of the molecule is COc1ccc(N(C(=O)Nc2ccc(F)cc2)C(C)c2nc3ccc(Cl)cc3c(=O)n2N2CCN(C(=O)c3ccno3)CC2)c(OC)c1. The lowest BCUT2D eigenvalue weighted by atomic mass is 10.1. The zero-order valence-corrected chi connectivity index (χ0v) is 27.0. The second-order valence-corrected chi connectivity index (χ2v) is 11.3.